The predicted molar refractivity (Wildman–Crippen MR) is 157 cm³/mol. The Morgan fingerprint density at radius 3 is 2.87 bits per heavy atom. The summed E-state index contributed by atoms with van der Waals surface area (Å²) in [5.41, 5.74) is 5.35. The largest absolute Gasteiger partial charge is 0.507 e. The third-order valence-electron chi connectivity index (χ3n) is 6.35. The SMILES string of the molecule is C=CCc1cccc(/C=N/NC(=O)CSc2nc3sc4c(c3c(=O)n2-c2ccc(OCC)cc2)CCC4)c1O. The third kappa shape index (κ3) is 5.62. The Hall–Kier alpha value is -3.89. The number of carbonyl (C=O) groups excluding carboxylic acids is 1. The molecule has 4 aromatic rings. The summed E-state index contributed by atoms with van der Waals surface area (Å²) in [7, 11) is 0. The van der Waals surface area contributed by atoms with E-state index >= 15 is 0 Å². The van der Waals surface area contributed by atoms with Crippen molar-refractivity contribution in [2.75, 3.05) is 12.4 Å². The van der Waals surface area contributed by atoms with Crippen molar-refractivity contribution in [2.24, 2.45) is 5.10 Å². The Balaban J connectivity index is 1.38. The van der Waals surface area contributed by atoms with E-state index < -0.39 is 0 Å². The van der Waals surface area contributed by atoms with Gasteiger partial charge in [-0.25, -0.2) is 10.4 Å². The molecule has 1 amide bonds. The van der Waals surface area contributed by atoms with Crippen molar-refractivity contribution < 1.29 is 14.6 Å². The van der Waals surface area contributed by atoms with Crippen molar-refractivity contribution >= 4 is 45.4 Å². The van der Waals surface area contributed by atoms with E-state index in [9.17, 15) is 14.7 Å². The molecule has 200 valence electrons. The van der Waals surface area contributed by atoms with Gasteiger partial charge in [0, 0.05) is 10.4 Å². The number of phenols is 1. The molecule has 2 aromatic carbocycles. The lowest BCUT2D eigenvalue weighted by Crippen LogP contribution is -2.24. The summed E-state index contributed by atoms with van der Waals surface area (Å²) in [6.07, 6.45) is 6.53. The molecule has 2 heterocycles. The second-order valence-electron chi connectivity index (χ2n) is 8.93. The van der Waals surface area contributed by atoms with Gasteiger partial charge in [-0.2, -0.15) is 5.10 Å². The predicted octanol–water partition coefficient (Wildman–Crippen LogP) is 5.01. The van der Waals surface area contributed by atoms with Crippen LogP contribution >= 0.6 is 23.1 Å². The third-order valence-corrected chi connectivity index (χ3v) is 8.48. The molecule has 2 aromatic heterocycles. The molecule has 0 saturated carbocycles. The van der Waals surface area contributed by atoms with Crippen LogP contribution in [0.5, 0.6) is 11.5 Å². The zero-order valence-electron chi connectivity index (χ0n) is 21.5. The topological polar surface area (TPSA) is 106 Å². The molecular weight excluding hydrogens is 532 g/mol. The van der Waals surface area contributed by atoms with Gasteiger partial charge in [-0.3, -0.25) is 14.2 Å². The molecule has 0 atom stereocenters. The van der Waals surface area contributed by atoms with Gasteiger partial charge in [0.1, 0.15) is 16.3 Å². The van der Waals surface area contributed by atoms with E-state index in [4.69, 9.17) is 9.72 Å². The maximum absolute atomic E-state index is 13.8. The van der Waals surface area contributed by atoms with Crippen LogP contribution in [0.2, 0.25) is 0 Å². The summed E-state index contributed by atoms with van der Waals surface area (Å²) >= 11 is 2.74. The van der Waals surface area contributed by atoms with Crippen LogP contribution in [0.15, 0.2) is 70.2 Å². The van der Waals surface area contributed by atoms with E-state index in [2.05, 4.69) is 17.1 Å². The van der Waals surface area contributed by atoms with Crippen LogP contribution in [-0.4, -0.2) is 39.1 Å². The van der Waals surface area contributed by atoms with Gasteiger partial charge in [-0.05, 0) is 74.1 Å². The van der Waals surface area contributed by atoms with Crippen LogP contribution in [0.4, 0.5) is 0 Å². The zero-order chi connectivity index (χ0) is 27.4. The van der Waals surface area contributed by atoms with E-state index in [0.717, 1.165) is 30.4 Å². The van der Waals surface area contributed by atoms with E-state index in [1.807, 2.05) is 31.2 Å². The van der Waals surface area contributed by atoms with E-state index in [1.165, 1.54) is 22.9 Å². The minimum atomic E-state index is -0.362. The fraction of sp³-hybridized carbons (Fsp3) is 0.241. The molecule has 0 spiro atoms. The monoisotopic (exact) mass is 560 g/mol. The summed E-state index contributed by atoms with van der Waals surface area (Å²) in [6.45, 7) is 6.16. The molecule has 2 N–H and O–H groups in total. The first-order valence-electron chi connectivity index (χ1n) is 12.7. The van der Waals surface area contributed by atoms with Crippen molar-refractivity contribution in [3.63, 3.8) is 0 Å². The molecule has 5 rings (SSSR count). The van der Waals surface area contributed by atoms with Crippen molar-refractivity contribution in [2.45, 2.75) is 37.8 Å². The number of amides is 1. The number of hydrogen-bond acceptors (Lipinski definition) is 8. The Morgan fingerprint density at radius 1 is 1.28 bits per heavy atom. The second-order valence-corrected chi connectivity index (χ2v) is 11.0. The van der Waals surface area contributed by atoms with Gasteiger partial charge in [0.25, 0.3) is 11.5 Å². The number of hydrogen-bond donors (Lipinski definition) is 2. The van der Waals surface area contributed by atoms with Crippen LogP contribution in [0.1, 0.15) is 34.9 Å². The number of ether oxygens (including phenoxy) is 1. The number of hydrazone groups is 1. The highest BCUT2D eigenvalue weighted by atomic mass is 32.2. The Morgan fingerprint density at radius 2 is 2.10 bits per heavy atom. The van der Waals surface area contributed by atoms with Crippen LogP contribution in [0, 0.1) is 0 Å². The average molecular weight is 561 g/mol. The van der Waals surface area contributed by atoms with Gasteiger partial charge in [-0.1, -0.05) is 30.0 Å². The van der Waals surface area contributed by atoms with Gasteiger partial charge < -0.3 is 9.84 Å². The molecule has 1 aliphatic rings. The number of fused-ring (bicyclic) bond motifs is 3. The minimum absolute atomic E-state index is 0.000108. The maximum Gasteiger partial charge on any atom is 0.267 e. The summed E-state index contributed by atoms with van der Waals surface area (Å²) in [5, 5.41) is 15.5. The fourth-order valence-corrected chi connectivity index (χ4v) is 6.69. The van der Waals surface area contributed by atoms with Crippen molar-refractivity contribution in [3.05, 3.63) is 87.0 Å². The van der Waals surface area contributed by atoms with Crippen LogP contribution in [0.25, 0.3) is 15.9 Å². The maximum atomic E-state index is 13.8. The number of allylic oxidation sites excluding steroid dienone is 1. The molecule has 8 nitrogen and oxygen atoms in total. The summed E-state index contributed by atoms with van der Waals surface area (Å²) in [6, 6.07) is 12.6. The normalized spacial score (nSPS) is 12.6. The number of aromatic hydroxyl groups is 1. The quantitative estimate of drug-likeness (QED) is 0.0929. The lowest BCUT2D eigenvalue weighted by atomic mass is 10.1. The number of para-hydroxylation sites is 1. The summed E-state index contributed by atoms with van der Waals surface area (Å²) in [5.74, 6) is 0.455. The number of thiophene rings is 1. The first kappa shape index (κ1) is 26.7. The zero-order valence-corrected chi connectivity index (χ0v) is 23.1. The number of phenolic OH excluding ortho intramolecular Hbond substituents is 1. The lowest BCUT2D eigenvalue weighted by molar-refractivity contribution is -0.118. The second kappa shape index (κ2) is 11.9. The van der Waals surface area contributed by atoms with Gasteiger partial charge in [0.05, 0.1) is 29.6 Å². The van der Waals surface area contributed by atoms with Gasteiger partial charge in [0.15, 0.2) is 5.16 Å². The molecule has 1 aliphatic carbocycles. The van der Waals surface area contributed by atoms with Crippen molar-refractivity contribution in [1.82, 2.24) is 15.0 Å². The number of aromatic nitrogens is 2. The number of nitrogens with one attached hydrogen (secondary N) is 1. The molecule has 0 fully saturated rings. The highest BCUT2D eigenvalue weighted by molar-refractivity contribution is 7.99. The van der Waals surface area contributed by atoms with E-state index in [1.54, 1.807) is 40.2 Å². The Bertz CT molecular complexity index is 1620. The standard InChI is InChI=1S/C29H28N4O4S2/c1-3-7-18-8-5-9-19(26(18)35)16-30-32-24(34)17-38-29-31-27-25(22-10-6-11-23(22)39-27)28(36)33(29)20-12-14-21(15-13-20)37-4-2/h3,5,8-9,12-16,35H,1,4,6-7,10-11,17H2,2H3,(H,32,34)/b30-16+. The first-order valence-corrected chi connectivity index (χ1v) is 14.5. The Kier molecular flexibility index (Phi) is 8.13. The fourth-order valence-electron chi connectivity index (χ4n) is 4.58. The first-order chi connectivity index (χ1) is 19.0. The van der Waals surface area contributed by atoms with Crippen LogP contribution < -0.4 is 15.7 Å². The summed E-state index contributed by atoms with van der Waals surface area (Å²) in [4.78, 5) is 33.2. The van der Waals surface area contributed by atoms with E-state index in [0.29, 0.717) is 45.4 Å². The number of thioether (sulfide) groups is 1. The highest BCUT2D eigenvalue weighted by Crippen LogP contribution is 2.36. The van der Waals surface area contributed by atoms with Gasteiger partial charge in [0.2, 0.25) is 0 Å². The minimum Gasteiger partial charge on any atom is -0.507 e. The van der Waals surface area contributed by atoms with Crippen molar-refractivity contribution in [3.8, 4) is 17.2 Å². The van der Waals surface area contributed by atoms with Gasteiger partial charge in [-0.15, -0.1) is 17.9 Å². The lowest BCUT2D eigenvalue weighted by Gasteiger charge is -2.13. The number of rotatable bonds is 10. The molecule has 10 heteroatoms. The molecule has 0 unspecified atom stereocenters. The summed E-state index contributed by atoms with van der Waals surface area (Å²) < 4.78 is 7.13. The number of benzene rings is 2. The van der Waals surface area contributed by atoms with Crippen LogP contribution in [-0.2, 0) is 24.1 Å². The molecule has 0 saturated heterocycles. The van der Waals surface area contributed by atoms with Crippen molar-refractivity contribution in [1.29, 1.82) is 0 Å². The van der Waals surface area contributed by atoms with Gasteiger partial charge >= 0.3 is 0 Å². The Labute approximate surface area is 234 Å². The van der Waals surface area contributed by atoms with E-state index in [-0.39, 0.29) is 23.0 Å². The average Bonchev–Trinajstić information content (AvgIpc) is 3.52. The number of carbonyl (C=O) groups is 1. The highest BCUT2D eigenvalue weighted by Gasteiger charge is 2.24. The molecule has 0 aliphatic heterocycles. The number of aryl methyl sites for hydroxylation is 2. The molecular formula is C29H28N4O4S2. The molecule has 0 radical (unpaired) electrons. The molecule has 0 bridgehead atoms. The molecule has 39 heavy (non-hydrogen) atoms. The smallest absolute Gasteiger partial charge is 0.267 e. The van der Waals surface area contributed by atoms with Crippen LogP contribution in [0.3, 0.4) is 0 Å². The number of nitrogens with zero attached hydrogens (tertiary/aromatic N) is 3.